The van der Waals surface area contributed by atoms with Gasteiger partial charge in [-0.05, 0) is 37.0 Å². The quantitative estimate of drug-likeness (QED) is 0.670. The molecular formula is C21H26N6O2. The second-order valence-electron chi connectivity index (χ2n) is 7.71. The summed E-state index contributed by atoms with van der Waals surface area (Å²) in [6, 6.07) is 10.5. The van der Waals surface area contributed by atoms with Crippen LogP contribution in [0.2, 0.25) is 0 Å². The minimum Gasteiger partial charge on any atom is -0.337 e. The molecule has 2 unspecified atom stereocenters. The van der Waals surface area contributed by atoms with Gasteiger partial charge in [-0.25, -0.2) is 0 Å². The van der Waals surface area contributed by atoms with E-state index in [0.717, 1.165) is 31.4 Å². The van der Waals surface area contributed by atoms with Gasteiger partial charge in [0.15, 0.2) is 0 Å². The van der Waals surface area contributed by atoms with Gasteiger partial charge < -0.3 is 15.5 Å². The minimum atomic E-state index is -0.661. The smallest absolute Gasteiger partial charge is 0.241 e. The molecule has 3 atom stereocenters. The first-order valence-electron chi connectivity index (χ1n) is 9.93. The molecule has 2 heterocycles. The average Bonchev–Trinajstić information content (AvgIpc) is 3.41. The van der Waals surface area contributed by atoms with Crippen LogP contribution in [-0.2, 0) is 16.1 Å². The molecule has 2 N–H and O–H groups in total. The summed E-state index contributed by atoms with van der Waals surface area (Å²) in [6.45, 7) is 2.93. The fourth-order valence-corrected chi connectivity index (χ4v) is 4.13. The molecule has 0 radical (unpaired) electrons. The average molecular weight is 394 g/mol. The first kappa shape index (κ1) is 20.8. The maximum Gasteiger partial charge on any atom is 0.241 e. The van der Waals surface area contributed by atoms with E-state index >= 15 is 0 Å². The summed E-state index contributed by atoms with van der Waals surface area (Å²) in [5.74, 6) is -0.165. The Hall–Kier alpha value is -2.94. The molecule has 3 rings (SSSR count). The predicted molar refractivity (Wildman–Crippen MR) is 106 cm³/mol. The van der Waals surface area contributed by atoms with Crippen molar-refractivity contribution in [3.8, 4) is 12.1 Å². The van der Waals surface area contributed by atoms with Crippen LogP contribution in [-0.4, -0.2) is 71.3 Å². The Bertz CT molecular complexity index is 812. The molecule has 1 aromatic rings. The second kappa shape index (κ2) is 9.51. The van der Waals surface area contributed by atoms with E-state index in [4.69, 9.17) is 11.0 Å². The number of nitrogens with two attached hydrogens (primary N) is 1. The van der Waals surface area contributed by atoms with Gasteiger partial charge in [0.2, 0.25) is 12.3 Å². The highest BCUT2D eigenvalue weighted by atomic mass is 16.2. The number of benzene rings is 1. The van der Waals surface area contributed by atoms with Gasteiger partial charge >= 0.3 is 0 Å². The fraction of sp³-hybridized carbons (Fsp3) is 0.524. The predicted octanol–water partition coefficient (Wildman–Crippen LogP) is 0.433. The van der Waals surface area contributed by atoms with Crippen molar-refractivity contribution in [2.45, 2.75) is 43.9 Å². The standard InChI is InChI=1S/C21H26N6O2/c22-10-16-3-5-17(6-4-16)12-26(15-28)19-7-9-25(13-19)14-20(24)21(29)27-8-1-2-18(27)11-23/h3-6,15,18-20H,1-2,7-9,12-14,24H2/t18-,19?,20?/m0/s1. The molecule has 2 aliphatic heterocycles. The lowest BCUT2D eigenvalue weighted by Gasteiger charge is -2.28. The van der Waals surface area contributed by atoms with Crippen molar-refractivity contribution in [3.05, 3.63) is 35.4 Å². The number of carbonyl (C=O) groups is 2. The summed E-state index contributed by atoms with van der Waals surface area (Å²) < 4.78 is 0. The highest BCUT2D eigenvalue weighted by molar-refractivity contribution is 5.82. The maximum atomic E-state index is 12.6. The summed E-state index contributed by atoms with van der Waals surface area (Å²) >= 11 is 0. The van der Waals surface area contributed by atoms with Gasteiger partial charge in [0.1, 0.15) is 6.04 Å². The molecule has 0 aromatic heterocycles. The van der Waals surface area contributed by atoms with Crippen LogP contribution in [0.25, 0.3) is 0 Å². The van der Waals surface area contributed by atoms with Crippen molar-refractivity contribution in [1.82, 2.24) is 14.7 Å². The van der Waals surface area contributed by atoms with Gasteiger partial charge in [-0.2, -0.15) is 10.5 Å². The largest absolute Gasteiger partial charge is 0.337 e. The Morgan fingerprint density at radius 1 is 1.28 bits per heavy atom. The Morgan fingerprint density at radius 3 is 2.69 bits per heavy atom. The molecule has 2 aliphatic rings. The third-order valence-corrected chi connectivity index (χ3v) is 5.76. The lowest BCUT2D eigenvalue weighted by molar-refractivity contribution is -0.133. The molecule has 2 fully saturated rings. The van der Waals surface area contributed by atoms with Gasteiger partial charge in [0, 0.05) is 38.8 Å². The number of nitriles is 2. The molecule has 8 heteroatoms. The van der Waals surface area contributed by atoms with Crippen molar-refractivity contribution < 1.29 is 9.59 Å². The summed E-state index contributed by atoms with van der Waals surface area (Å²) in [7, 11) is 0. The van der Waals surface area contributed by atoms with Crippen LogP contribution >= 0.6 is 0 Å². The molecule has 0 bridgehead atoms. The summed E-state index contributed by atoms with van der Waals surface area (Å²) in [4.78, 5) is 29.7. The monoisotopic (exact) mass is 394 g/mol. The van der Waals surface area contributed by atoms with Crippen LogP contribution in [0.5, 0.6) is 0 Å². The number of rotatable bonds is 7. The van der Waals surface area contributed by atoms with Gasteiger partial charge in [0.25, 0.3) is 0 Å². The van der Waals surface area contributed by atoms with E-state index in [1.807, 2.05) is 12.1 Å². The molecule has 8 nitrogen and oxygen atoms in total. The normalized spacial score (nSPS) is 22.7. The third kappa shape index (κ3) is 4.92. The van der Waals surface area contributed by atoms with Gasteiger partial charge in [-0.3, -0.25) is 14.5 Å². The number of likely N-dealkylation sites (tertiary alicyclic amines) is 2. The molecule has 2 amide bonds. The fourth-order valence-electron chi connectivity index (χ4n) is 4.13. The van der Waals surface area contributed by atoms with Crippen LogP contribution in [0.15, 0.2) is 24.3 Å². The lowest BCUT2D eigenvalue weighted by Crippen LogP contribution is -2.51. The Morgan fingerprint density at radius 2 is 2.03 bits per heavy atom. The summed E-state index contributed by atoms with van der Waals surface area (Å²) in [5, 5.41) is 18.1. The zero-order valence-corrected chi connectivity index (χ0v) is 16.4. The Balaban J connectivity index is 1.53. The minimum absolute atomic E-state index is 0.0593. The number of hydrogen-bond donors (Lipinski definition) is 1. The molecule has 2 saturated heterocycles. The van der Waals surface area contributed by atoms with E-state index in [-0.39, 0.29) is 18.0 Å². The van der Waals surface area contributed by atoms with E-state index < -0.39 is 6.04 Å². The topological polar surface area (TPSA) is 117 Å². The highest BCUT2D eigenvalue weighted by Crippen LogP contribution is 2.20. The number of amides is 2. The van der Waals surface area contributed by atoms with Crippen molar-refractivity contribution >= 4 is 12.3 Å². The van der Waals surface area contributed by atoms with E-state index in [2.05, 4.69) is 17.0 Å². The third-order valence-electron chi connectivity index (χ3n) is 5.76. The van der Waals surface area contributed by atoms with Crippen molar-refractivity contribution in [3.63, 3.8) is 0 Å². The van der Waals surface area contributed by atoms with Crippen LogP contribution in [0.3, 0.4) is 0 Å². The van der Waals surface area contributed by atoms with E-state index in [1.54, 1.807) is 21.9 Å². The molecule has 0 saturated carbocycles. The SMILES string of the molecule is N#Cc1ccc(CN(C=O)C2CCN(CC(N)C(=O)N3CCC[C@H]3C#N)C2)cc1. The molecule has 1 aromatic carbocycles. The van der Waals surface area contributed by atoms with Crippen molar-refractivity contribution in [2.24, 2.45) is 5.73 Å². The Kier molecular flexibility index (Phi) is 6.82. The van der Waals surface area contributed by atoms with Crippen LogP contribution in [0.1, 0.15) is 30.4 Å². The Labute approximate surface area is 171 Å². The maximum absolute atomic E-state index is 12.6. The highest BCUT2D eigenvalue weighted by Gasteiger charge is 2.34. The summed E-state index contributed by atoms with van der Waals surface area (Å²) in [5.41, 5.74) is 7.71. The van der Waals surface area contributed by atoms with E-state index in [0.29, 0.717) is 38.2 Å². The van der Waals surface area contributed by atoms with Gasteiger partial charge in [-0.1, -0.05) is 12.1 Å². The molecule has 0 spiro atoms. The molecule has 152 valence electrons. The van der Waals surface area contributed by atoms with E-state index in [9.17, 15) is 14.9 Å². The van der Waals surface area contributed by atoms with E-state index in [1.165, 1.54) is 0 Å². The second-order valence-corrected chi connectivity index (χ2v) is 7.71. The summed E-state index contributed by atoms with van der Waals surface area (Å²) in [6.07, 6.45) is 3.23. The first-order valence-corrected chi connectivity index (χ1v) is 9.93. The number of nitrogens with zero attached hydrogens (tertiary/aromatic N) is 5. The zero-order valence-electron chi connectivity index (χ0n) is 16.4. The van der Waals surface area contributed by atoms with Gasteiger partial charge in [0.05, 0.1) is 23.7 Å². The van der Waals surface area contributed by atoms with Crippen molar-refractivity contribution in [2.75, 3.05) is 26.2 Å². The molecule has 29 heavy (non-hydrogen) atoms. The number of carbonyl (C=O) groups excluding carboxylic acids is 2. The van der Waals surface area contributed by atoms with Crippen LogP contribution < -0.4 is 5.73 Å². The first-order chi connectivity index (χ1) is 14.0. The zero-order chi connectivity index (χ0) is 20.8. The van der Waals surface area contributed by atoms with Crippen LogP contribution in [0.4, 0.5) is 0 Å². The lowest BCUT2D eigenvalue weighted by atomic mass is 10.1. The van der Waals surface area contributed by atoms with Gasteiger partial charge in [-0.15, -0.1) is 0 Å². The van der Waals surface area contributed by atoms with Crippen molar-refractivity contribution in [1.29, 1.82) is 10.5 Å². The van der Waals surface area contributed by atoms with Crippen LogP contribution in [0, 0.1) is 22.7 Å². The molecule has 0 aliphatic carbocycles. The number of hydrogen-bond acceptors (Lipinski definition) is 6. The molecular weight excluding hydrogens is 368 g/mol.